The predicted molar refractivity (Wildman–Crippen MR) is 97.7 cm³/mol. The van der Waals surface area contributed by atoms with Gasteiger partial charge < -0.3 is 4.90 Å². The SMILES string of the molecule is Cc1sc2ncnc(N3CCN([C@@H]4CCS(=O)(=O)C4)CC3)c2c1C. The molecule has 0 saturated carbocycles. The Hall–Kier alpha value is -1.25. The maximum absolute atomic E-state index is 11.7. The number of anilines is 1. The molecule has 4 rings (SSSR count). The molecule has 8 heteroatoms. The first-order chi connectivity index (χ1) is 11.4. The van der Waals surface area contributed by atoms with Crippen molar-refractivity contribution in [3.05, 3.63) is 16.8 Å². The van der Waals surface area contributed by atoms with Gasteiger partial charge in [-0.2, -0.15) is 0 Å². The van der Waals surface area contributed by atoms with Gasteiger partial charge >= 0.3 is 0 Å². The van der Waals surface area contributed by atoms with E-state index in [0.29, 0.717) is 11.5 Å². The number of aromatic nitrogens is 2. The Labute approximate surface area is 146 Å². The van der Waals surface area contributed by atoms with Crippen LogP contribution in [0.4, 0.5) is 5.82 Å². The summed E-state index contributed by atoms with van der Waals surface area (Å²) < 4.78 is 23.4. The van der Waals surface area contributed by atoms with E-state index in [1.807, 2.05) is 0 Å². The Balaban J connectivity index is 1.52. The van der Waals surface area contributed by atoms with Crippen LogP contribution in [0.15, 0.2) is 6.33 Å². The molecule has 0 spiro atoms. The summed E-state index contributed by atoms with van der Waals surface area (Å²) in [6.45, 7) is 7.83. The normalized spacial score (nSPS) is 24.8. The van der Waals surface area contributed by atoms with Crippen molar-refractivity contribution < 1.29 is 8.42 Å². The molecule has 0 bridgehead atoms. The molecule has 0 aromatic carbocycles. The number of hydrogen-bond acceptors (Lipinski definition) is 7. The quantitative estimate of drug-likeness (QED) is 0.805. The van der Waals surface area contributed by atoms with E-state index < -0.39 is 9.84 Å². The van der Waals surface area contributed by atoms with Crippen molar-refractivity contribution in [2.45, 2.75) is 26.3 Å². The van der Waals surface area contributed by atoms with Crippen molar-refractivity contribution in [1.29, 1.82) is 0 Å². The van der Waals surface area contributed by atoms with Crippen LogP contribution in [0, 0.1) is 13.8 Å². The molecule has 0 aliphatic carbocycles. The van der Waals surface area contributed by atoms with Gasteiger partial charge in [0.1, 0.15) is 17.0 Å². The second-order valence-corrected chi connectivity index (χ2v) is 10.2. The number of sulfone groups is 1. The largest absolute Gasteiger partial charge is 0.353 e. The average molecular weight is 367 g/mol. The van der Waals surface area contributed by atoms with Crippen LogP contribution in [0.1, 0.15) is 16.9 Å². The Morgan fingerprint density at radius 3 is 2.58 bits per heavy atom. The lowest BCUT2D eigenvalue weighted by atomic mass is 10.1. The molecule has 2 aromatic heterocycles. The van der Waals surface area contributed by atoms with Crippen LogP contribution in [0.5, 0.6) is 0 Å². The number of thiophene rings is 1. The van der Waals surface area contributed by atoms with E-state index in [1.54, 1.807) is 17.7 Å². The summed E-state index contributed by atoms with van der Waals surface area (Å²) in [6, 6.07) is 0.202. The van der Waals surface area contributed by atoms with E-state index in [9.17, 15) is 8.42 Å². The van der Waals surface area contributed by atoms with Gasteiger partial charge in [-0.1, -0.05) is 0 Å². The van der Waals surface area contributed by atoms with Crippen LogP contribution in [0.3, 0.4) is 0 Å². The van der Waals surface area contributed by atoms with Gasteiger partial charge in [0.15, 0.2) is 9.84 Å². The maximum Gasteiger partial charge on any atom is 0.151 e. The highest BCUT2D eigenvalue weighted by Gasteiger charge is 2.34. The maximum atomic E-state index is 11.7. The molecule has 2 aliphatic rings. The Kier molecular flexibility index (Phi) is 4.01. The van der Waals surface area contributed by atoms with Crippen molar-refractivity contribution in [1.82, 2.24) is 14.9 Å². The zero-order chi connectivity index (χ0) is 16.9. The standard InChI is InChI=1S/C16H22N4O2S2/c1-11-12(2)23-16-14(11)15(17-10-18-16)20-6-4-19(5-7-20)13-3-8-24(21,22)9-13/h10,13H,3-9H2,1-2H3/t13-/m1/s1. The topological polar surface area (TPSA) is 66.4 Å². The fourth-order valence-electron chi connectivity index (χ4n) is 3.77. The molecule has 4 heterocycles. The van der Waals surface area contributed by atoms with Crippen LogP contribution in [0.2, 0.25) is 0 Å². The third-order valence-electron chi connectivity index (χ3n) is 5.28. The molecule has 6 nitrogen and oxygen atoms in total. The fraction of sp³-hybridized carbons (Fsp3) is 0.625. The van der Waals surface area contributed by atoms with Crippen LogP contribution >= 0.6 is 11.3 Å². The van der Waals surface area contributed by atoms with E-state index >= 15 is 0 Å². The molecule has 130 valence electrons. The van der Waals surface area contributed by atoms with Gasteiger partial charge in [-0.15, -0.1) is 11.3 Å². The second kappa shape index (κ2) is 5.93. The highest BCUT2D eigenvalue weighted by molar-refractivity contribution is 7.91. The molecule has 0 N–H and O–H groups in total. The molecule has 0 unspecified atom stereocenters. The molecular formula is C16H22N4O2S2. The van der Waals surface area contributed by atoms with E-state index in [4.69, 9.17) is 0 Å². The van der Waals surface area contributed by atoms with Crippen LogP contribution in [-0.2, 0) is 9.84 Å². The third kappa shape index (κ3) is 2.80. The van der Waals surface area contributed by atoms with Gasteiger partial charge in [-0.25, -0.2) is 18.4 Å². The van der Waals surface area contributed by atoms with E-state index in [1.165, 1.54) is 15.8 Å². The smallest absolute Gasteiger partial charge is 0.151 e. The third-order valence-corrected chi connectivity index (χ3v) is 8.15. The summed E-state index contributed by atoms with van der Waals surface area (Å²) in [4.78, 5) is 16.0. The van der Waals surface area contributed by atoms with E-state index in [0.717, 1.165) is 43.2 Å². The van der Waals surface area contributed by atoms with Crippen molar-refractivity contribution in [3.8, 4) is 0 Å². The number of hydrogen-bond donors (Lipinski definition) is 0. The summed E-state index contributed by atoms with van der Waals surface area (Å²) in [5.74, 6) is 1.70. The summed E-state index contributed by atoms with van der Waals surface area (Å²) >= 11 is 1.72. The Bertz CT molecular complexity index is 870. The minimum Gasteiger partial charge on any atom is -0.353 e. The molecule has 2 fully saturated rings. The lowest BCUT2D eigenvalue weighted by Gasteiger charge is -2.38. The van der Waals surface area contributed by atoms with Gasteiger partial charge in [0, 0.05) is 37.1 Å². The second-order valence-electron chi connectivity index (χ2n) is 6.74. The minimum atomic E-state index is -2.82. The first-order valence-corrected chi connectivity index (χ1v) is 11.0. The highest BCUT2D eigenvalue weighted by atomic mass is 32.2. The molecule has 2 aliphatic heterocycles. The van der Waals surface area contributed by atoms with Gasteiger partial charge in [0.25, 0.3) is 0 Å². The van der Waals surface area contributed by atoms with Crippen LogP contribution < -0.4 is 4.90 Å². The molecule has 24 heavy (non-hydrogen) atoms. The highest BCUT2D eigenvalue weighted by Crippen LogP contribution is 2.34. The molecular weight excluding hydrogens is 344 g/mol. The van der Waals surface area contributed by atoms with E-state index in [2.05, 4.69) is 33.6 Å². The average Bonchev–Trinajstić information content (AvgIpc) is 3.07. The van der Waals surface area contributed by atoms with Crippen molar-refractivity contribution in [2.24, 2.45) is 0 Å². The summed E-state index contributed by atoms with van der Waals surface area (Å²) in [7, 11) is -2.82. The molecule has 0 radical (unpaired) electrons. The molecule has 2 aromatic rings. The number of aryl methyl sites for hydroxylation is 2. The lowest BCUT2D eigenvalue weighted by molar-refractivity contribution is 0.200. The van der Waals surface area contributed by atoms with E-state index in [-0.39, 0.29) is 6.04 Å². The number of nitrogens with zero attached hydrogens (tertiary/aromatic N) is 4. The summed E-state index contributed by atoms with van der Waals surface area (Å²) in [5, 5.41) is 1.18. The van der Waals surface area contributed by atoms with Gasteiger partial charge in [-0.05, 0) is 25.8 Å². The van der Waals surface area contributed by atoms with Crippen molar-refractivity contribution in [2.75, 3.05) is 42.6 Å². The monoisotopic (exact) mass is 366 g/mol. The lowest BCUT2D eigenvalue weighted by Crippen LogP contribution is -2.51. The van der Waals surface area contributed by atoms with Crippen LogP contribution in [-0.4, -0.2) is 67.0 Å². The number of piperazine rings is 1. The summed E-state index contributed by atoms with van der Waals surface area (Å²) in [6.07, 6.45) is 2.44. The Morgan fingerprint density at radius 2 is 1.92 bits per heavy atom. The van der Waals surface area contributed by atoms with Gasteiger partial charge in [0.2, 0.25) is 0 Å². The Morgan fingerprint density at radius 1 is 1.17 bits per heavy atom. The van der Waals surface area contributed by atoms with Gasteiger partial charge in [0.05, 0.1) is 16.9 Å². The molecule has 2 saturated heterocycles. The molecule has 1 atom stereocenters. The zero-order valence-corrected chi connectivity index (χ0v) is 15.7. The summed E-state index contributed by atoms with van der Waals surface area (Å²) in [5.41, 5.74) is 1.27. The van der Waals surface area contributed by atoms with Crippen molar-refractivity contribution in [3.63, 3.8) is 0 Å². The predicted octanol–water partition coefficient (Wildman–Crippen LogP) is 1.62. The minimum absolute atomic E-state index is 0.202. The van der Waals surface area contributed by atoms with Crippen molar-refractivity contribution >= 4 is 37.2 Å². The van der Waals surface area contributed by atoms with Gasteiger partial charge in [-0.3, -0.25) is 4.90 Å². The first-order valence-electron chi connectivity index (χ1n) is 8.35. The zero-order valence-electron chi connectivity index (χ0n) is 14.0. The van der Waals surface area contributed by atoms with Crippen LogP contribution in [0.25, 0.3) is 10.2 Å². The first kappa shape index (κ1) is 16.2. The number of rotatable bonds is 2. The fourth-order valence-corrected chi connectivity index (χ4v) is 6.52. The molecule has 0 amide bonds. The number of fused-ring (bicyclic) bond motifs is 1.